The number of rotatable bonds is 5. The van der Waals surface area contributed by atoms with E-state index in [1.807, 2.05) is 36.4 Å². The van der Waals surface area contributed by atoms with Crippen molar-refractivity contribution in [3.05, 3.63) is 59.7 Å². The smallest absolute Gasteiger partial charge is 0.130 e. The van der Waals surface area contributed by atoms with Gasteiger partial charge in [0, 0.05) is 6.04 Å². The van der Waals surface area contributed by atoms with Crippen LogP contribution in [0.3, 0.4) is 0 Å². The van der Waals surface area contributed by atoms with E-state index in [9.17, 15) is 0 Å². The minimum Gasteiger partial charge on any atom is -0.457 e. The Bertz CT molecular complexity index is 522. The maximum Gasteiger partial charge on any atom is 0.130 e. The van der Waals surface area contributed by atoms with Crippen LogP contribution in [0, 0.1) is 6.92 Å². The van der Waals surface area contributed by atoms with E-state index in [1.54, 1.807) is 0 Å². The molecule has 2 heteroatoms. The predicted molar refractivity (Wildman–Crippen MR) is 79.7 cm³/mol. The van der Waals surface area contributed by atoms with E-state index in [2.05, 4.69) is 26.0 Å². The summed E-state index contributed by atoms with van der Waals surface area (Å²) in [5.74, 6) is 1.76. The Hall–Kier alpha value is -1.80. The summed E-state index contributed by atoms with van der Waals surface area (Å²) in [4.78, 5) is 0. The van der Waals surface area contributed by atoms with Crippen LogP contribution in [-0.2, 0) is 6.42 Å². The van der Waals surface area contributed by atoms with Crippen LogP contribution in [0.5, 0.6) is 11.5 Å². The van der Waals surface area contributed by atoms with Crippen molar-refractivity contribution in [2.45, 2.75) is 32.7 Å². The van der Waals surface area contributed by atoms with Crippen LogP contribution in [0.15, 0.2) is 48.5 Å². The Labute approximate surface area is 115 Å². The largest absolute Gasteiger partial charge is 0.457 e. The van der Waals surface area contributed by atoms with Gasteiger partial charge >= 0.3 is 0 Å². The molecule has 2 N–H and O–H groups in total. The lowest BCUT2D eigenvalue weighted by Gasteiger charge is -2.15. The number of para-hydroxylation sites is 1. The van der Waals surface area contributed by atoms with Crippen LogP contribution in [-0.4, -0.2) is 6.04 Å². The van der Waals surface area contributed by atoms with Crippen molar-refractivity contribution in [3.63, 3.8) is 0 Å². The van der Waals surface area contributed by atoms with Gasteiger partial charge in [-0.1, -0.05) is 42.8 Å². The third kappa shape index (κ3) is 3.83. The van der Waals surface area contributed by atoms with Crippen molar-refractivity contribution in [1.29, 1.82) is 0 Å². The highest BCUT2D eigenvalue weighted by molar-refractivity contribution is 5.40. The second-order valence-electron chi connectivity index (χ2n) is 4.90. The molecule has 0 saturated heterocycles. The summed E-state index contributed by atoms with van der Waals surface area (Å²) in [7, 11) is 0. The molecular formula is C17H21NO. The van der Waals surface area contributed by atoms with E-state index in [4.69, 9.17) is 10.5 Å². The molecule has 0 aromatic heterocycles. The van der Waals surface area contributed by atoms with Crippen LogP contribution in [0.4, 0.5) is 0 Å². The van der Waals surface area contributed by atoms with Crippen LogP contribution in [0.1, 0.15) is 24.5 Å². The van der Waals surface area contributed by atoms with Crippen molar-refractivity contribution >= 4 is 0 Å². The molecule has 0 heterocycles. The topological polar surface area (TPSA) is 35.2 Å². The molecule has 2 nitrogen and oxygen atoms in total. The van der Waals surface area contributed by atoms with Gasteiger partial charge in [0.05, 0.1) is 0 Å². The first-order valence-electron chi connectivity index (χ1n) is 6.77. The molecule has 2 rings (SSSR count). The molecule has 19 heavy (non-hydrogen) atoms. The molecule has 0 spiro atoms. The molecule has 0 fully saturated rings. The monoisotopic (exact) mass is 255 g/mol. The van der Waals surface area contributed by atoms with E-state index < -0.39 is 0 Å². The van der Waals surface area contributed by atoms with Crippen LogP contribution < -0.4 is 10.5 Å². The summed E-state index contributed by atoms with van der Waals surface area (Å²) in [5, 5.41) is 0. The molecule has 0 bridgehead atoms. The third-order valence-corrected chi connectivity index (χ3v) is 3.19. The fourth-order valence-electron chi connectivity index (χ4n) is 2.01. The van der Waals surface area contributed by atoms with E-state index in [1.165, 1.54) is 11.1 Å². The second-order valence-corrected chi connectivity index (χ2v) is 4.90. The molecule has 2 aromatic rings. The summed E-state index contributed by atoms with van der Waals surface area (Å²) in [6.07, 6.45) is 1.82. The number of nitrogens with two attached hydrogens (primary N) is 1. The molecule has 100 valence electrons. The zero-order valence-electron chi connectivity index (χ0n) is 11.6. The minimum atomic E-state index is 0.180. The zero-order valence-corrected chi connectivity index (χ0v) is 11.6. The highest BCUT2D eigenvalue weighted by Gasteiger charge is 2.09. The molecule has 0 aliphatic carbocycles. The van der Waals surface area contributed by atoms with Gasteiger partial charge in [-0.2, -0.15) is 0 Å². The van der Waals surface area contributed by atoms with E-state index in [0.29, 0.717) is 0 Å². The molecule has 1 unspecified atom stereocenters. The Morgan fingerprint density at radius 3 is 2.53 bits per heavy atom. The maximum absolute atomic E-state index is 6.06. The first-order valence-corrected chi connectivity index (χ1v) is 6.77. The fraction of sp³-hybridized carbons (Fsp3) is 0.294. The summed E-state index contributed by atoms with van der Waals surface area (Å²) < 4.78 is 5.95. The number of ether oxygens (including phenoxy) is 1. The van der Waals surface area contributed by atoms with Gasteiger partial charge in [-0.15, -0.1) is 0 Å². The van der Waals surface area contributed by atoms with Crippen LogP contribution >= 0.6 is 0 Å². The van der Waals surface area contributed by atoms with Crippen LogP contribution in [0.2, 0.25) is 0 Å². The summed E-state index contributed by atoms with van der Waals surface area (Å²) in [6.45, 7) is 4.20. The zero-order chi connectivity index (χ0) is 13.7. The molecule has 0 aliphatic heterocycles. The minimum absolute atomic E-state index is 0.180. The van der Waals surface area contributed by atoms with Crippen molar-refractivity contribution in [3.8, 4) is 11.5 Å². The number of benzene rings is 2. The average molecular weight is 255 g/mol. The van der Waals surface area contributed by atoms with Gasteiger partial charge in [0.2, 0.25) is 0 Å². The standard InChI is InChI=1S/C17H21NO/c1-3-15(18)12-14-11-13(2)9-10-17(14)19-16-7-5-4-6-8-16/h4-11,15H,3,12,18H2,1-2H3. The maximum atomic E-state index is 6.06. The molecule has 1 atom stereocenters. The fourth-order valence-corrected chi connectivity index (χ4v) is 2.01. The first kappa shape index (κ1) is 13.6. The molecular weight excluding hydrogens is 234 g/mol. The van der Waals surface area contributed by atoms with Gasteiger partial charge < -0.3 is 10.5 Å². The van der Waals surface area contributed by atoms with Crippen molar-refractivity contribution in [1.82, 2.24) is 0 Å². The van der Waals surface area contributed by atoms with Crippen molar-refractivity contribution in [2.75, 3.05) is 0 Å². The van der Waals surface area contributed by atoms with Crippen LogP contribution in [0.25, 0.3) is 0 Å². The van der Waals surface area contributed by atoms with Gasteiger partial charge in [-0.05, 0) is 43.5 Å². The van der Waals surface area contributed by atoms with Gasteiger partial charge in [0.15, 0.2) is 0 Å². The number of hydrogen-bond donors (Lipinski definition) is 1. The highest BCUT2D eigenvalue weighted by atomic mass is 16.5. The lowest BCUT2D eigenvalue weighted by molar-refractivity contribution is 0.472. The predicted octanol–water partition coefficient (Wildman–Crippen LogP) is 4.07. The molecule has 0 saturated carbocycles. The SMILES string of the molecule is CCC(N)Cc1cc(C)ccc1Oc1ccccc1. The molecule has 0 radical (unpaired) electrons. The quantitative estimate of drug-likeness (QED) is 0.874. The summed E-state index contributed by atoms with van der Waals surface area (Å²) in [6, 6.07) is 16.3. The van der Waals surface area contributed by atoms with Gasteiger partial charge in [-0.3, -0.25) is 0 Å². The van der Waals surface area contributed by atoms with Crippen molar-refractivity contribution < 1.29 is 4.74 Å². The second kappa shape index (κ2) is 6.39. The van der Waals surface area contributed by atoms with Gasteiger partial charge in [0.25, 0.3) is 0 Å². The molecule has 0 amide bonds. The summed E-state index contributed by atoms with van der Waals surface area (Å²) >= 11 is 0. The van der Waals surface area contributed by atoms with Gasteiger partial charge in [0.1, 0.15) is 11.5 Å². The number of hydrogen-bond acceptors (Lipinski definition) is 2. The van der Waals surface area contributed by atoms with Crippen molar-refractivity contribution in [2.24, 2.45) is 5.73 Å². The summed E-state index contributed by atoms with van der Waals surface area (Å²) in [5.41, 5.74) is 8.48. The Kier molecular flexibility index (Phi) is 4.58. The highest BCUT2D eigenvalue weighted by Crippen LogP contribution is 2.27. The Morgan fingerprint density at radius 1 is 1.11 bits per heavy atom. The average Bonchev–Trinajstić information content (AvgIpc) is 2.43. The molecule has 0 aliphatic rings. The Balaban J connectivity index is 2.24. The van der Waals surface area contributed by atoms with E-state index in [-0.39, 0.29) is 6.04 Å². The third-order valence-electron chi connectivity index (χ3n) is 3.19. The number of aryl methyl sites for hydroxylation is 1. The lowest BCUT2D eigenvalue weighted by atomic mass is 10.0. The first-order chi connectivity index (χ1) is 9.19. The van der Waals surface area contributed by atoms with Gasteiger partial charge in [-0.25, -0.2) is 0 Å². The normalized spacial score (nSPS) is 12.2. The Morgan fingerprint density at radius 2 is 1.84 bits per heavy atom. The van der Waals surface area contributed by atoms with E-state index in [0.717, 1.165) is 24.3 Å². The lowest BCUT2D eigenvalue weighted by Crippen LogP contribution is -2.21. The van der Waals surface area contributed by atoms with E-state index >= 15 is 0 Å². The molecule has 2 aromatic carbocycles.